The molecule has 0 saturated heterocycles. The summed E-state index contributed by atoms with van der Waals surface area (Å²) >= 11 is 0. The van der Waals surface area contributed by atoms with Crippen LogP contribution in [0, 0.1) is 5.82 Å². The first-order valence-electron chi connectivity index (χ1n) is 8.92. The van der Waals surface area contributed by atoms with E-state index in [9.17, 15) is 13.2 Å². The molecule has 3 heterocycles. The number of fused-ring (bicyclic) bond motifs is 1. The van der Waals surface area contributed by atoms with Crippen LogP contribution in [0.15, 0.2) is 71.4 Å². The average molecular weight is 407 g/mol. The van der Waals surface area contributed by atoms with Crippen LogP contribution < -0.4 is 0 Å². The molecular weight excluding hydrogens is 395 g/mol. The molecule has 0 saturated carbocycles. The van der Waals surface area contributed by atoms with Gasteiger partial charge >= 0.3 is 0 Å². The number of rotatable bonds is 4. The molecule has 0 aliphatic rings. The Balaban J connectivity index is 1.65. The SMILES string of the molecule is Fc1ccc(-c2noc(-c3cnn4c(C(F)F)cc(-c5ccccc5)nc34)n2)cc1. The molecule has 0 bridgehead atoms. The smallest absolute Gasteiger partial charge is 0.280 e. The fourth-order valence-corrected chi connectivity index (χ4v) is 3.10. The summed E-state index contributed by atoms with van der Waals surface area (Å²) in [6.45, 7) is 0. The summed E-state index contributed by atoms with van der Waals surface area (Å²) in [5.74, 6) is -0.0813. The van der Waals surface area contributed by atoms with Gasteiger partial charge in [0.1, 0.15) is 17.1 Å². The fraction of sp³-hybridized carbons (Fsp3) is 0.0476. The van der Waals surface area contributed by atoms with E-state index in [4.69, 9.17) is 4.52 Å². The monoisotopic (exact) mass is 407 g/mol. The molecule has 5 rings (SSSR count). The highest BCUT2D eigenvalue weighted by Crippen LogP contribution is 2.30. The van der Waals surface area contributed by atoms with Gasteiger partial charge in [0.25, 0.3) is 12.3 Å². The van der Waals surface area contributed by atoms with E-state index in [-0.39, 0.29) is 28.9 Å². The minimum atomic E-state index is -2.76. The first-order chi connectivity index (χ1) is 14.6. The lowest BCUT2D eigenvalue weighted by atomic mass is 10.1. The molecule has 0 atom stereocenters. The first kappa shape index (κ1) is 18.0. The summed E-state index contributed by atoms with van der Waals surface area (Å²) in [5.41, 5.74) is 1.79. The van der Waals surface area contributed by atoms with Crippen molar-refractivity contribution in [3.8, 4) is 34.1 Å². The van der Waals surface area contributed by atoms with Crippen molar-refractivity contribution in [1.29, 1.82) is 0 Å². The van der Waals surface area contributed by atoms with Crippen molar-refractivity contribution < 1.29 is 17.7 Å². The highest BCUT2D eigenvalue weighted by Gasteiger charge is 2.22. The summed E-state index contributed by atoms with van der Waals surface area (Å²) in [4.78, 5) is 8.81. The molecule has 0 N–H and O–H groups in total. The topological polar surface area (TPSA) is 69.1 Å². The standard InChI is InChI=1S/C21H12F3N5O/c22-14-8-6-13(7-9-14)19-27-21(30-28-19)15-11-25-29-17(18(23)24)10-16(26-20(15)29)12-4-2-1-3-5-12/h1-11,18H. The third kappa shape index (κ3) is 3.10. The number of alkyl halides is 2. The molecule has 0 fully saturated rings. The molecule has 0 amide bonds. The summed E-state index contributed by atoms with van der Waals surface area (Å²) in [5, 5.41) is 7.94. The number of hydrogen-bond acceptors (Lipinski definition) is 5. The molecule has 5 aromatic rings. The molecule has 30 heavy (non-hydrogen) atoms. The van der Waals surface area contributed by atoms with E-state index in [2.05, 4.69) is 20.2 Å². The minimum absolute atomic E-state index is 0.0715. The van der Waals surface area contributed by atoms with Crippen LogP contribution in [0.1, 0.15) is 12.1 Å². The normalized spacial score (nSPS) is 11.5. The van der Waals surface area contributed by atoms with Crippen LogP contribution >= 0.6 is 0 Å². The number of halogens is 3. The molecule has 3 aromatic heterocycles. The van der Waals surface area contributed by atoms with Gasteiger partial charge < -0.3 is 4.52 Å². The van der Waals surface area contributed by atoms with Crippen molar-refractivity contribution in [2.24, 2.45) is 0 Å². The van der Waals surface area contributed by atoms with Gasteiger partial charge in [-0.3, -0.25) is 0 Å². The van der Waals surface area contributed by atoms with Crippen LogP contribution in [0.2, 0.25) is 0 Å². The Kier molecular flexibility index (Phi) is 4.27. The third-order valence-electron chi connectivity index (χ3n) is 4.55. The van der Waals surface area contributed by atoms with E-state index in [1.165, 1.54) is 36.5 Å². The van der Waals surface area contributed by atoms with Gasteiger partial charge in [-0.25, -0.2) is 22.7 Å². The number of nitrogens with zero attached hydrogens (tertiary/aromatic N) is 5. The van der Waals surface area contributed by atoms with Crippen LogP contribution in [0.5, 0.6) is 0 Å². The molecule has 0 aliphatic heterocycles. The maximum atomic E-state index is 13.7. The molecule has 148 valence electrons. The second kappa shape index (κ2) is 7.11. The number of hydrogen-bond donors (Lipinski definition) is 0. The Morgan fingerprint density at radius 3 is 2.40 bits per heavy atom. The Hall–Kier alpha value is -4.01. The molecule has 0 radical (unpaired) electrons. The van der Waals surface area contributed by atoms with Gasteiger partial charge in [-0.05, 0) is 30.3 Å². The van der Waals surface area contributed by atoms with E-state index >= 15 is 0 Å². The average Bonchev–Trinajstić information content (AvgIpc) is 3.41. The van der Waals surface area contributed by atoms with Gasteiger partial charge in [-0.15, -0.1) is 0 Å². The molecule has 0 unspecified atom stereocenters. The quantitative estimate of drug-likeness (QED) is 0.410. The third-order valence-corrected chi connectivity index (χ3v) is 4.55. The molecule has 0 aliphatic carbocycles. The van der Waals surface area contributed by atoms with Crippen LogP contribution in [0.3, 0.4) is 0 Å². The van der Waals surface area contributed by atoms with E-state index < -0.39 is 6.43 Å². The Morgan fingerprint density at radius 2 is 1.67 bits per heavy atom. The van der Waals surface area contributed by atoms with Gasteiger partial charge in [-0.2, -0.15) is 10.1 Å². The van der Waals surface area contributed by atoms with Crippen LogP contribution in [-0.4, -0.2) is 24.7 Å². The maximum absolute atomic E-state index is 13.7. The van der Waals surface area contributed by atoms with Crippen molar-refractivity contribution in [1.82, 2.24) is 24.7 Å². The van der Waals surface area contributed by atoms with Gasteiger partial charge in [0, 0.05) is 11.1 Å². The van der Waals surface area contributed by atoms with Gasteiger partial charge in [0.05, 0.1) is 11.9 Å². The zero-order valence-corrected chi connectivity index (χ0v) is 15.2. The predicted octanol–water partition coefficient (Wildman–Crippen LogP) is 5.19. The second-order valence-electron chi connectivity index (χ2n) is 6.46. The molecule has 9 heteroatoms. The van der Waals surface area contributed by atoms with E-state index in [1.807, 2.05) is 6.07 Å². The van der Waals surface area contributed by atoms with Crippen LogP contribution in [0.25, 0.3) is 39.7 Å². The lowest BCUT2D eigenvalue weighted by Gasteiger charge is -2.07. The summed E-state index contributed by atoms with van der Waals surface area (Å²) in [6.07, 6.45) is -1.41. The van der Waals surface area contributed by atoms with Crippen molar-refractivity contribution >= 4 is 5.65 Å². The van der Waals surface area contributed by atoms with E-state index in [0.29, 0.717) is 22.4 Å². The van der Waals surface area contributed by atoms with Crippen LogP contribution in [0.4, 0.5) is 13.2 Å². The van der Waals surface area contributed by atoms with Gasteiger partial charge in [-0.1, -0.05) is 35.5 Å². The Labute approximate surface area is 167 Å². The molecule has 6 nitrogen and oxygen atoms in total. The van der Waals surface area contributed by atoms with E-state index in [1.54, 1.807) is 24.3 Å². The molecule has 2 aromatic carbocycles. The number of benzene rings is 2. The van der Waals surface area contributed by atoms with Crippen molar-refractivity contribution in [2.45, 2.75) is 6.43 Å². The highest BCUT2D eigenvalue weighted by atomic mass is 19.3. The van der Waals surface area contributed by atoms with Crippen molar-refractivity contribution in [3.05, 3.63) is 78.4 Å². The zero-order chi connectivity index (χ0) is 20.7. The van der Waals surface area contributed by atoms with Crippen molar-refractivity contribution in [2.75, 3.05) is 0 Å². The number of aromatic nitrogens is 5. The predicted molar refractivity (Wildman–Crippen MR) is 102 cm³/mol. The second-order valence-corrected chi connectivity index (χ2v) is 6.46. The lowest BCUT2D eigenvalue weighted by molar-refractivity contribution is 0.143. The van der Waals surface area contributed by atoms with Gasteiger partial charge in [0.2, 0.25) is 5.82 Å². The first-order valence-corrected chi connectivity index (χ1v) is 8.92. The minimum Gasteiger partial charge on any atom is -0.333 e. The molecular formula is C21H12F3N5O. The van der Waals surface area contributed by atoms with Gasteiger partial charge in [0.15, 0.2) is 5.65 Å². The van der Waals surface area contributed by atoms with E-state index in [0.717, 1.165) is 4.52 Å². The van der Waals surface area contributed by atoms with Crippen molar-refractivity contribution in [3.63, 3.8) is 0 Å². The maximum Gasteiger partial charge on any atom is 0.280 e. The summed E-state index contributed by atoms with van der Waals surface area (Å²) in [6, 6.07) is 15.9. The zero-order valence-electron chi connectivity index (χ0n) is 15.2. The molecule has 0 spiro atoms. The fourth-order valence-electron chi connectivity index (χ4n) is 3.10. The lowest BCUT2D eigenvalue weighted by Crippen LogP contribution is -2.02. The Morgan fingerprint density at radius 1 is 0.900 bits per heavy atom. The summed E-state index contributed by atoms with van der Waals surface area (Å²) in [7, 11) is 0. The Bertz CT molecular complexity index is 1330. The summed E-state index contributed by atoms with van der Waals surface area (Å²) < 4.78 is 46.9. The van der Waals surface area contributed by atoms with Crippen LogP contribution in [-0.2, 0) is 0 Å². The largest absolute Gasteiger partial charge is 0.333 e. The highest BCUT2D eigenvalue weighted by molar-refractivity contribution is 5.75.